The van der Waals surface area contributed by atoms with Gasteiger partial charge in [0.1, 0.15) is 17.4 Å². The standard InChI is InChI=1S/C16H12F2OS/c17-11-5-6-14(18)10(7-11)8-15(19)13-9-20-16-4-2-1-3-12(13)16/h1-7,13H,8-9H2. The summed E-state index contributed by atoms with van der Waals surface area (Å²) in [6.45, 7) is 0. The van der Waals surface area contributed by atoms with E-state index in [4.69, 9.17) is 0 Å². The van der Waals surface area contributed by atoms with Crippen LogP contribution in [0.1, 0.15) is 17.0 Å². The Balaban J connectivity index is 1.83. The van der Waals surface area contributed by atoms with Crippen LogP contribution in [0, 0.1) is 11.6 Å². The van der Waals surface area contributed by atoms with Gasteiger partial charge >= 0.3 is 0 Å². The number of hydrogen-bond acceptors (Lipinski definition) is 2. The van der Waals surface area contributed by atoms with E-state index in [1.54, 1.807) is 11.8 Å². The Morgan fingerprint density at radius 3 is 2.85 bits per heavy atom. The van der Waals surface area contributed by atoms with E-state index in [2.05, 4.69) is 0 Å². The van der Waals surface area contributed by atoms with Crippen molar-refractivity contribution >= 4 is 17.5 Å². The normalized spacial score (nSPS) is 17.0. The van der Waals surface area contributed by atoms with E-state index in [0.717, 1.165) is 28.7 Å². The molecule has 0 spiro atoms. The average Bonchev–Trinajstić information content (AvgIpc) is 2.87. The number of benzene rings is 2. The van der Waals surface area contributed by atoms with E-state index in [-0.39, 0.29) is 23.7 Å². The molecule has 3 rings (SSSR count). The number of rotatable bonds is 3. The molecule has 1 aliphatic rings. The first-order valence-corrected chi connectivity index (χ1v) is 7.32. The Morgan fingerprint density at radius 2 is 2.00 bits per heavy atom. The van der Waals surface area contributed by atoms with Gasteiger partial charge in [-0.2, -0.15) is 0 Å². The minimum atomic E-state index is -0.529. The highest BCUT2D eigenvalue weighted by Crippen LogP contribution is 2.40. The van der Waals surface area contributed by atoms with Crippen molar-refractivity contribution in [3.8, 4) is 0 Å². The summed E-state index contributed by atoms with van der Waals surface area (Å²) < 4.78 is 26.7. The van der Waals surface area contributed by atoms with Gasteiger partial charge in [0.15, 0.2) is 0 Å². The van der Waals surface area contributed by atoms with Crippen molar-refractivity contribution in [1.29, 1.82) is 0 Å². The van der Waals surface area contributed by atoms with Crippen LogP contribution in [0.3, 0.4) is 0 Å². The maximum absolute atomic E-state index is 13.6. The maximum Gasteiger partial charge on any atom is 0.145 e. The maximum atomic E-state index is 13.6. The van der Waals surface area contributed by atoms with Gasteiger partial charge in [0.2, 0.25) is 0 Å². The third-order valence-electron chi connectivity index (χ3n) is 3.46. The van der Waals surface area contributed by atoms with Crippen LogP contribution in [0.4, 0.5) is 8.78 Å². The summed E-state index contributed by atoms with van der Waals surface area (Å²) in [7, 11) is 0. The molecule has 0 amide bonds. The highest BCUT2D eigenvalue weighted by molar-refractivity contribution is 7.99. The molecule has 1 nitrogen and oxygen atoms in total. The lowest BCUT2D eigenvalue weighted by Gasteiger charge is -2.10. The van der Waals surface area contributed by atoms with Crippen molar-refractivity contribution in [2.45, 2.75) is 17.2 Å². The zero-order valence-corrected chi connectivity index (χ0v) is 11.4. The van der Waals surface area contributed by atoms with Gasteiger partial charge in [0.05, 0.1) is 5.92 Å². The van der Waals surface area contributed by atoms with Gasteiger partial charge < -0.3 is 0 Å². The molecule has 1 unspecified atom stereocenters. The lowest BCUT2D eigenvalue weighted by molar-refractivity contribution is -0.119. The van der Waals surface area contributed by atoms with E-state index in [0.29, 0.717) is 5.75 Å². The van der Waals surface area contributed by atoms with Crippen molar-refractivity contribution in [1.82, 2.24) is 0 Å². The largest absolute Gasteiger partial charge is 0.299 e. The second-order valence-electron chi connectivity index (χ2n) is 4.78. The predicted octanol–water partition coefficient (Wildman–Crippen LogP) is 3.97. The quantitative estimate of drug-likeness (QED) is 0.851. The fourth-order valence-corrected chi connectivity index (χ4v) is 3.68. The Hall–Kier alpha value is -1.68. The van der Waals surface area contributed by atoms with Crippen LogP contribution in [-0.2, 0) is 11.2 Å². The SMILES string of the molecule is O=C(Cc1cc(F)ccc1F)C1CSc2ccccc21. The molecule has 1 aliphatic heterocycles. The molecular weight excluding hydrogens is 278 g/mol. The van der Waals surface area contributed by atoms with Gasteiger partial charge in [-0.05, 0) is 35.4 Å². The lowest BCUT2D eigenvalue weighted by atomic mass is 9.92. The monoisotopic (exact) mass is 290 g/mol. The molecule has 0 saturated carbocycles. The molecule has 102 valence electrons. The van der Waals surface area contributed by atoms with Crippen LogP contribution in [0.25, 0.3) is 0 Å². The summed E-state index contributed by atoms with van der Waals surface area (Å²) in [5.41, 5.74) is 1.13. The molecule has 0 N–H and O–H groups in total. The third kappa shape index (κ3) is 2.48. The highest BCUT2D eigenvalue weighted by atomic mass is 32.2. The number of halogens is 2. The summed E-state index contributed by atoms with van der Waals surface area (Å²) >= 11 is 1.63. The fraction of sp³-hybridized carbons (Fsp3) is 0.188. The van der Waals surface area contributed by atoms with Gasteiger partial charge in [-0.1, -0.05) is 18.2 Å². The van der Waals surface area contributed by atoms with Crippen LogP contribution in [-0.4, -0.2) is 11.5 Å². The van der Waals surface area contributed by atoms with Crippen molar-refractivity contribution < 1.29 is 13.6 Å². The van der Waals surface area contributed by atoms with Gasteiger partial charge in [-0.25, -0.2) is 8.78 Å². The molecule has 0 radical (unpaired) electrons. The van der Waals surface area contributed by atoms with Gasteiger partial charge in [-0.15, -0.1) is 11.8 Å². The van der Waals surface area contributed by atoms with Crippen LogP contribution in [0.5, 0.6) is 0 Å². The minimum absolute atomic E-state index is 0.0630. The molecule has 4 heteroatoms. The number of carbonyl (C=O) groups is 1. The molecular formula is C16H12F2OS. The number of ketones is 1. The van der Waals surface area contributed by atoms with Crippen molar-refractivity contribution in [3.05, 3.63) is 65.2 Å². The van der Waals surface area contributed by atoms with Gasteiger partial charge in [0, 0.05) is 17.1 Å². The molecule has 1 atom stereocenters. The molecule has 2 aromatic carbocycles. The zero-order valence-electron chi connectivity index (χ0n) is 10.6. The van der Waals surface area contributed by atoms with E-state index >= 15 is 0 Å². The van der Waals surface area contributed by atoms with Gasteiger partial charge in [-0.3, -0.25) is 4.79 Å². The fourth-order valence-electron chi connectivity index (χ4n) is 2.42. The molecule has 20 heavy (non-hydrogen) atoms. The Labute approximate surface area is 120 Å². The van der Waals surface area contributed by atoms with Crippen LogP contribution < -0.4 is 0 Å². The Bertz CT molecular complexity index is 669. The number of thioether (sulfide) groups is 1. The van der Waals surface area contributed by atoms with Crippen molar-refractivity contribution in [2.75, 3.05) is 5.75 Å². The second kappa shape index (κ2) is 5.37. The molecule has 1 heterocycles. The first-order chi connectivity index (χ1) is 9.65. The zero-order chi connectivity index (χ0) is 14.1. The van der Waals surface area contributed by atoms with E-state index in [1.165, 1.54) is 0 Å². The first kappa shape index (κ1) is 13.3. The summed E-state index contributed by atoms with van der Waals surface area (Å²) in [6.07, 6.45) is -0.0663. The van der Waals surface area contributed by atoms with E-state index in [9.17, 15) is 13.6 Å². The summed E-state index contributed by atoms with van der Waals surface area (Å²) in [5.74, 6) is -0.658. The molecule has 0 fully saturated rings. The van der Waals surface area contributed by atoms with Crippen LogP contribution in [0.2, 0.25) is 0 Å². The number of carbonyl (C=O) groups excluding carboxylic acids is 1. The Morgan fingerprint density at radius 1 is 1.20 bits per heavy atom. The third-order valence-corrected chi connectivity index (χ3v) is 4.64. The summed E-state index contributed by atoms with van der Waals surface area (Å²) in [4.78, 5) is 13.4. The lowest BCUT2D eigenvalue weighted by Crippen LogP contribution is -2.15. The van der Waals surface area contributed by atoms with Crippen molar-refractivity contribution in [3.63, 3.8) is 0 Å². The van der Waals surface area contributed by atoms with Crippen LogP contribution in [0.15, 0.2) is 47.4 Å². The molecule has 0 aromatic heterocycles. The topological polar surface area (TPSA) is 17.1 Å². The van der Waals surface area contributed by atoms with Crippen molar-refractivity contribution in [2.24, 2.45) is 0 Å². The average molecular weight is 290 g/mol. The number of hydrogen-bond donors (Lipinski definition) is 0. The predicted molar refractivity (Wildman–Crippen MR) is 75.0 cm³/mol. The van der Waals surface area contributed by atoms with E-state index < -0.39 is 11.6 Å². The summed E-state index contributed by atoms with van der Waals surface area (Å²) in [6, 6.07) is 11.0. The highest BCUT2D eigenvalue weighted by Gasteiger charge is 2.29. The minimum Gasteiger partial charge on any atom is -0.299 e. The number of Topliss-reactive ketones (excluding diaryl/α,β-unsaturated/α-hetero) is 1. The molecule has 2 aromatic rings. The molecule has 0 saturated heterocycles. The molecule has 0 bridgehead atoms. The summed E-state index contributed by atoms with van der Waals surface area (Å²) in [5, 5.41) is 0. The Kier molecular flexibility index (Phi) is 3.57. The smallest absolute Gasteiger partial charge is 0.145 e. The second-order valence-corrected chi connectivity index (χ2v) is 5.84. The number of fused-ring (bicyclic) bond motifs is 1. The van der Waals surface area contributed by atoms with Gasteiger partial charge in [0.25, 0.3) is 0 Å². The first-order valence-electron chi connectivity index (χ1n) is 6.33. The van der Waals surface area contributed by atoms with E-state index in [1.807, 2.05) is 24.3 Å². The molecule has 0 aliphatic carbocycles. The van der Waals surface area contributed by atoms with Crippen LogP contribution >= 0.6 is 11.8 Å².